The van der Waals surface area contributed by atoms with Crippen LogP contribution in [0.1, 0.15) is 23.0 Å². The molecule has 0 bridgehead atoms. The lowest BCUT2D eigenvalue weighted by Gasteiger charge is -2.06. The van der Waals surface area contributed by atoms with Crippen molar-refractivity contribution in [2.45, 2.75) is 13.5 Å². The van der Waals surface area contributed by atoms with Crippen LogP contribution in [0.25, 0.3) is 11.5 Å². The van der Waals surface area contributed by atoms with E-state index in [4.69, 9.17) is 18.3 Å². The van der Waals surface area contributed by atoms with Gasteiger partial charge in [-0.1, -0.05) is 0 Å². The molecule has 3 aromatic rings. The summed E-state index contributed by atoms with van der Waals surface area (Å²) in [5, 5.41) is 7.46. The van der Waals surface area contributed by atoms with E-state index in [1.165, 1.54) is 12.7 Å². The first-order chi connectivity index (χ1) is 11.3. The highest BCUT2D eigenvalue weighted by Gasteiger charge is 2.16. The summed E-state index contributed by atoms with van der Waals surface area (Å²) < 4.78 is 21.0. The van der Waals surface area contributed by atoms with E-state index in [0.29, 0.717) is 29.6 Å². The molecule has 0 amide bonds. The van der Waals surface area contributed by atoms with Crippen LogP contribution in [0.2, 0.25) is 0 Å². The maximum atomic E-state index is 11.8. The number of hydrogen-bond acceptors (Lipinski definition) is 7. The molecule has 0 fully saturated rings. The first-order valence-electron chi connectivity index (χ1n) is 7.01. The quantitative estimate of drug-likeness (QED) is 0.646. The third kappa shape index (κ3) is 3.39. The maximum Gasteiger partial charge on any atom is 0.341 e. The fourth-order valence-electron chi connectivity index (χ4n) is 1.98. The summed E-state index contributed by atoms with van der Waals surface area (Å²) in [5.74, 6) is 1.06. The van der Waals surface area contributed by atoms with Crippen molar-refractivity contribution < 1.29 is 23.1 Å². The van der Waals surface area contributed by atoms with Crippen molar-refractivity contribution in [1.29, 1.82) is 0 Å². The number of esters is 1. The zero-order valence-electron chi connectivity index (χ0n) is 12.4. The van der Waals surface area contributed by atoms with Crippen LogP contribution in [-0.2, 0) is 11.3 Å². The van der Waals surface area contributed by atoms with Crippen molar-refractivity contribution in [1.82, 2.24) is 10.2 Å². The molecule has 0 unspecified atom stereocenters. The minimum atomic E-state index is -0.424. The van der Waals surface area contributed by atoms with Gasteiger partial charge < -0.3 is 18.3 Å². The lowest BCUT2D eigenvalue weighted by Crippen LogP contribution is -2.07. The molecule has 0 saturated carbocycles. The summed E-state index contributed by atoms with van der Waals surface area (Å²) in [6, 6.07) is 8.71. The molecule has 0 N–H and O–H groups in total. The molecule has 0 aliphatic carbocycles. The van der Waals surface area contributed by atoms with E-state index in [1.54, 1.807) is 37.3 Å². The Bertz CT molecular complexity index is 762. The van der Waals surface area contributed by atoms with Gasteiger partial charge in [0.2, 0.25) is 12.3 Å². The topological polar surface area (TPSA) is 87.6 Å². The molecule has 118 valence electrons. The molecule has 1 aromatic carbocycles. The summed E-state index contributed by atoms with van der Waals surface area (Å²) >= 11 is 0. The van der Waals surface area contributed by atoms with Crippen molar-refractivity contribution in [3.8, 4) is 17.2 Å². The van der Waals surface area contributed by atoms with Crippen molar-refractivity contribution in [3.63, 3.8) is 0 Å². The molecule has 0 atom stereocenters. The number of carbonyl (C=O) groups is 1. The van der Waals surface area contributed by atoms with Gasteiger partial charge in [-0.3, -0.25) is 0 Å². The van der Waals surface area contributed by atoms with Crippen molar-refractivity contribution >= 4 is 5.97 Å². The largest absolute Gasteiger partial charge is 0.486 e. The predicted molar refractivity (Wildman–Crippen MR) is 78.7 cm³/mol. The lowest BCUT2D eigenvalue weighted by molar-refractivity contribution is 0.0521. The molecule has 7 nitrogen and oxygen atoms in total. The van der Waals surface area contributed by atoms with Crippen LogP contribution in [0.15, 0.2) is 51.8 Å². The minimum absolute atomic E-state index is 0.126. The molecule has 0 radical (unpaired) electrons. The monoisotopic (exact) mass is 314 g/mol. The highest BCUT2D eigenvalue weighted by Crippen LogP contribution is 2.21. The van der Waals surface area contributed by atoms with Crippen LogP contribution >= 0.6 is 0 Å². The first kappa shape index (κ1) is 14.8. The molecular weight excluding hydrogens is 300 g/mol. The van der Waals surface area contributed by atoms with E-state index in [9.17, 15) is 4.79 Å². The zero-order valence-corrected chi connectivity index (χ0v) is 12.4. The van der Waals surface area contributed by atoms with Crippen molar-refractivity contribution in [2.75, 3.05) is 6.61 Å². The van der Waals surface area contributed by atoms with E-state index in [-0.39, 0.29) is 6.61 Å². The third-order valence-electron chi connectivity index (χ3n) is 3.07. The highest BCUT2D eigenvalue weighted by atomic mass is 16.5. The van der Waals surface area contributed by atoms with Gasteiger partial charge in [-0.05, 0) is 37.3 Å². The zero-order chi connectivity index (χ0) is 16.1. The first-order valence-corrected chi connectivity index (χ1v) is 7.01. The lowest BCUT2D eigenvalue weighted by atomic mass is 10.2. The Balaban J connectivity index is 1.65. The van der Waals surface area contributed by atoms with E-state index in [2.05, 4.69) is 10.2 Å². The summed E-state index contributed by atoms with van der Waals surface area (Å²) in [7, 11) is 0. The van der Waals surface area contributed by atoms with Gasteiger partial charge >= 0.3 is 5.97 Å². The van der Waals surface area contributed by atoms with Gasteiger partial charge in [0.25, 0.3) is 0 Å². The fourth-order valence-corrected chi connectivity index (χ4v) is 1.98. The van der Waals surface area contributed by atoms with Crippen LogP contribution in [-0.4, -0.2) is 22.8 Å². The molecular formula is C16H14N2O5. The Labute approximate surface area is 131 Å². The Kier molecular flexibility index (Phi) is 4.37. The van der Waals surface area contributed by atoms with E-state index < -0.39 is 5.97 Å². The molecule has 23 heavy (non-hydrogen) atoms. The number of hydrogen-bond donors (Lipinski definition) is 0. The molecule has 0 spiro atoms. The number of ether oxygens (including phenoxy) is 2. The smallest absolute Gasteiger partial charge is 0.341 e. The Morgan fingerprint density at radius 2 is 2.00 bits per heavy atom. The van der Waals surface area contributed by atoms with Gasteiger partial charge in [-0.25, -0.2) is 4.79 Å². The molecule has 2 aromatic heterocycles. The van der Waals surface area contributed by atoms with Gasteiger partial charge in [-0.2, -0.15) is 0 Å². The normalized spacial score (nSPS) is 10.5. The number of nitrogens with zero attached hydrogens (tertiary/aromatic N) is 2. The summed E-state index contributed by atoms with van der Waals surface area (Å²) in [6.45, 7) is 2.18. The molecule has 0 aliphatic heterocycles. The second-order valence-electron chi connectivity index (χ2n) is 4.53. The average Bonchev–Trinajstić information content (AvgIpc) is 3.25. The number of furan rings is 1. The SMILES string of the molecule is CCOC(=O)c1ccoc1COc1ccc(-c2nnco2)cc1. The second kappa shape index (κ2) is 6.78. The van der Waals surface area contributed by atoms with Crippen molar-refractivity contribution in [3.05, 3.63) is 54.3 Å². The van der Waals surface area contributed by atoms with Crippen LogP contribution < -0.4 is 4.74 Å². The van der Waals surface area contributed by atoms with Crippen LogP contribution in [0.5, 0.6) is 5.75 Å². The van der Waals surface area contributed by atoms with Gasteiger partial charge in [0, 0.05) is 5.56 Å². The standard InChI is InChI=1S/C16H14N2O5/c1-2-20-16(19)13-7-8-21-14(13)9-22-12-5-3-11(4-6-12)15-18-17-10-23-15/h3-8,10H,2,9H2,1H3. The number of carbonyl (C=O) groups excluding carboxylic acids is 1. The minimum Gasteiger partial charge on any atom is -0.486 e. The predicted octanol–water partition coefficient (Wildman–Crippen LogP) is 3.09. The van der Waals surface area contributed by atoms with Gasteiger partial charge in [0.15, 0.2) is 5.76 Å². The Hall–Kier alpha value is -3.09. The fraction of sp³-hybridized carbons (Fsp3) is 0.188. The third-order valence-corrected chi connectivity index (χ3v) is 3.07. The molecule has 0 saturated heterocycles. The second-order valence-corrected chi connectivity index (χ2v) is 4.53. The maximum absolute atomic E-state index is 11.8. The van der Waals surface area contributed by atoms with Crippen LogP contribution in [0.4, 0.5) is 0 Å². The van der Waals surface area contributed by atoms with E-state index >= 15 is 0 Å². The number of benzene rings is 1. The summed E-state index contributed by atoms with van der Waals surface area (Å²) in [5.41, 5.74) is 1.16. The summed E-state index contributed by atoms with van der Waals surface area (Å²) in [4.78, 5) is 11.8. The highest BCUT2D eigenvalue weighted by molar-refractivity contribution is 5.90. The van der Waals surface area contributed by atoms with Gasteiger partial charge in [-0.15, -0.1) is 10.2 Å². The van der Waals surface area contributed by atoms with Crippen LogP contribution in [0.3, 0.4) is 0 Å². The van der Waals surface area contributed by atoms with E-state index in [0.717, 1.165) is 5.56 Å². The molecule has 3 rings (SSSR count). The molecule has 2 heterocycles. The Morgan fingerprint density at radius 3 is 2.70 bits per heavy atom. The van der Waals surface area contributed by atoms with Crippen LogP contribution in [0, 0.1) is 0 Å². The average molecular weight is 314 g/mol. The number of rotatable bonds is 6. The van der Waals surface area contributed by atoms with Gasteiger partial charge in [0.1, 0.15) is 17.9 Å². The van der Waals surface area contributed by atoms with E-state index in [1.807, 2.05) is 0 Å². The van der Waals surface area contributed by atoms with Crippen molar-refractivity contribution in [2.24, 2.45) is 0 Å². The Morgan fingerprint density at radius 1 is 1.17 bits per heavy atom. The molecule has 0 aliphatic rings. The molecule has 7 heteroatoms. The van der Waals surface area contributed by atoms with Gasteiger partial charge in [0.05, 0.1) is 12.9 Å². The summed E-state index contributed by atoms with van der Waals surface area (Å²) in [6.07, 6.45) is 2.71. The number of aromatic nitrogens is 2.